The van der Waals surface area contributed by atoms with E-state index in [4.69, 9.17) is 4.74 Å². The maximum Gasteiger partial charge on any atom is 0.342 e. The normalized spacial score (nSPS) is 10.9. The van der Waals surface area contributed by atoms with Crippen LogP contribution in [0.15, 0.2) is 15.3 Å². The van der Waals surface area contributed by atoms with Crippen LogP contribution in [0.2, 0.25) is 0 Å². The van der Waals surface area contributed by atoms with E-state index in [1.54, 1.807) is 13.0 Å². The van der Waals surface area contributed by atoms with Crippen LogP contribution >= 0.6 is 15.9 Å². The Balaban J connectivity index is 2.81. The summed E-state index contributed by atoms with van der Waals surface area (Å²) in [6.45, 7) is 3.87. The van der Waals surface area contributed by atoms with E-state index in [-0.39, 0.29) is 5.56 Å². The smallest absolute Gasteiger partial charge is 0.342 e. The second-order valence-corrected chi connectivity index (χ2v) is 4.80. The van der Waals surface area contributed by atoms with Crippen molar-refractivity contribution in [2.24, 2.45) is 7.05 Å². The van der Waals surface area contributed by atoms with Gasteiger partial charge in [0.1, 0.15) is 5.56 Å². The lowest BCUT2D eigenvalue weighted by Gasteiger charge is -2.01. The Labute approximate surface area is 112 Å². The van der Waals surface area contributed by atoms with Crippen LogP contribution in [-0.2, 0) is 11.8 Å². The first-order valence-electron chi connectivity index (χ1n) is 5.52. The fourth-order valence-corrected chi connectivity index (χ4v) is 2.25. The Kier molecular flexibility index (Phi) is 3.30. The molecule has 0 fully saturated rings. The average Bonchev–Trinajstić information content (AvgIpc) is 2.54. The third kappa shape index (κ3) is 1.86. The van der Waals surface area contributed by atoms with Crippen molar-refractivity contribution in [3.05, 3.63) is 32.2 Å². The van der Waals surface area contributed by atoms with Crippen LogP contribution in [0.4, 0.5) is 0 Å². The summed E-state index contributed by atoms with van der Waals surface area (Å²) in [6.07, 6.45) is 0. The minimum atomic E-state index is -0.418. The molecule has 0 atom stereocenters. The van der Waals surface area contributed by atoms with Gasteiger partial charge in [-0.05, 0) is 35.8 Å². The van der Waals surface area contributed by atoms with Gasteiger partial charge in [0.15, 0.2) is 0 Å². The topological polar surface area (TPSA) is 64.1 Å². The van der Waals surface area contributed by atoms with Gasteiger partial charge in [0, 0.05) is 12.7 Å². The molecule has 0 aliphatic carbocycles. The lowest BCUT2D eigenvalue weighted by Crippen LogP contribution is -2.10. The van der Waals surface area contributed by atoms with Crippen molar-refractivity contribution >= 4 is 32.9 Å². The molecule has 0 amide bonds. The molecule has 18 heavy (non-hydrogen) atoms. The molecule has 0 aliphatic rings. The number of pyridine rings is 1. The quantitative estimate of drug-likeness (QED) is 0.864. The zero-order valence-corrected chi connectivity index (χ0v) is 11.9. The second-order valence-electron chi connectivity index (χ2n) is 3.95. The molecular weight excluding hydrogens is 300 g/mol. The SMILES string of the molecule is CCOC(=O)c1c(C)n(C)c2cc(Br)c(=O)[nH]c12. The Morgan fingerprint density at radius 1 is 1.56 bits per heavy atom. The second kappa shape index (κ2) is 4.61. The van der Waals surface area contributed by atoms with Crippen LogP contribution in [0.3, 0.4) is 0 Å². The maximum absolute atomic E-state index is 11.9. The molecule has 2 rings (SSSR count). The summed E-state index contributed by atoms with van der Waals surface area (Å²) >= 11 is 3.18. The van der Waals surface area contributed by atoms with Gasteiger partial charge in [-0.3, -0.25) is 4.79 Å². The number of aryl methyl sites for hydroxylation is 1. The summed E-state index contributed by atoms with van der Waals surface area (Å²) in [4.78, 5) is 26.2. The van der Waals surface area contributed by atoms with Crippen molar-refractivity contribution in [2.75, 3.05) is 6.61 Å². The highest BCUT2D eigenvalue weighted by Gasteiger charge is 2.21. The van der Waals surface area contributed by atoms with E-state index >= 15 is 0 Å². The van der Waals surface area contributed by atoms with Gasteiger partial charge in [-0.15, -0.1) is 0 Å². The number of hydrogen-bond donors (Lipinski definition) is 1. The van der Waals surface area contributed by atoms with E-state index in [2.05, 4.69) is 20.9 Å². The number of carbonyl (C=O) groups excluding carboxylic acids is 1. The number of nitrogens with one attached hydrogen (secondary N) is 1. The van der Waals surface area contributed by atoms with Crippen molar-refractivity contribution in [1.82, 2.24) is 9.55 Å². The number of rotatable bonds is 2. The molecule has 96 valence electrons. The zero-order valence-electron chi connectivity index (χ0n) is 10.3. The number of aromatic nitrogens is 2. The molecule has 0 saturated heterocycles. The molecule has 0 aliphatic heterocycles. The van der Waals surface area contributed by atoms with Gasteiger partial charge in [0.05, 0.1) is 22.1 Å². The number of aromatic amines is 1. The molecule has 1 N–H and O–H groups in total. The zero-order chi connectivity index (χ0) is 13.4. The third-order valence-electron chi connectivity index (χ3n) is 2.93. The number of fused-ring (bicyclic) bond motifs is 1. The number of hydrogen-bond acceptors (Lipinski definition) is 3. The van der Waals surface area contributed by atoms with Crippen LogP contribution in [0.1, 0.15) is 23.0 Å². The molecule has 5 nitrogen and oxygen atoms in total. The minimum Gasteiger partial charge on any atom is -0.462 e. The predicted molar refractivity (Wildman–Crippen MR) is 71.9 cm³/mol. The highest BCUT2D eigenvalue weighted by molar-refractivity contribution is 9.10. The highest BCUT2D eigenvalue weighted by Crippen LogP contribution is 2.24. The summed E-state index contributed by atoms with van der Waals surface area (Å²) in [5.41, 5.74) is 2.21. The monoisotopic (exact) mass is 312 g/mol. The Hall–Kier alpha value is -1.56. The van der Waals surface area contributed by atoms with Gasteiger partial charge < -0.3 is 14.3 Å². The third-order valence-corrected chi connectivity index (χ3v) is 3.52. The van der Waals surface area contributed by atoms with Crippen LogP contribution in [0.5, 0.6) is 0 Å². The van der Waals surface area contributed by atoms with Gasteiger partial charge in [0.25, 0.3) is 5.56 Å². The summed E-state index contributed by atoms with van der Waals surface area (Å²) in [5, 5.41) is 0. The van der Waals surface area contributed by atoms with Crippen molar-refractivity contribution in [3.63, 3.8) is 0 Å². The van der Waals surface area contributed by atoms with Crippen LogP contribution in [0, 0.1) is 6.92 Å². The van der Waals surface area contributed by atoms with Crippen LogP contribution < -0.4 is 5.56 Å². The molecule has 0 saturated carbocycles. The highest BCUT2D eigenvalue weighted by atomic mass is 79.9. The predicted octanol–water partition coefficient (Wildman–Crippen LogP) is 2.11. The van der Waals surface area contributed by atoms with Gasteiger partial charge in [-0.25, -0.2) is 4.79 Å². The molecule has 2 aromatic heterocycles. The van der Waals surface area contributed by atoms with E-state index in [0.717, 1.165) is 11.2 Å². The molecule has 0 spiro atoms. The van der Waals surface area contributed by atoms with Crippen LogP contribution in [-0.4, -0.2) is 22.1 Å². The molecule has 0 bridgehead atoms. The van der Waals surface area contributed by atoms with Crippen molar-refractivity contribution in [1.29, 1.82) is 0 Å². The summed E-state index contributed by atoms with van der Waals surface area (Å²) < 4.78 is 7.30. The molecule has 0 unspecified atom stereocenters. The lowest BCUT2D eigenvalue weighted by molar-refractivity contribution is 0.0527. The number of H-pyrrole nitrogens is 1. The Morgan fingerprint density at radius 3 is 2.83 bits per heavy atom. The van der Waals surface area contributed by atoms with Gasteiger partial charge >= 0.3 is 5.97 Å². The summed E-state index contributed by atoms with van der Waals surface area (Å²) in [5.74, 6) is -0.418. The van der Waals surface area contributed by atoms with E-state index in [1.807, 2.05) is 18.5 Å². The van der Waals surface area contributed by atoms with E-state index in [0.29, 0.717) is 22.2 Å². The molecule has 6 heteroatoms. The first-order valence-corrected chi connectivity index (χ1v) is 6.31. The Bertz CT molecular complexity index is 685. The standard InChI is InChI=1S/C12H13BrN2O3/c1-4-18-12(17)9-6(2)15(3)8-5-7(13)11(16)14-10(8)9/h5H,4H2,1-3H3,(H,14,16). The molecule has 2 heterocycles. The number of ether oxygens (including phenoxy) is 1. The van der Waals surface area contributed by atoms with Crippen molar-refractivity contribution in [2.45, 2.75) is 13.8 Å². The van der Waals surface area contributed by atoms with E-state index in [1.165, 1.54) is 0 Å². The fourth-order valence-electron chi connectivity index (χ4n) is 1.93. The maximum atomic E-state index is 11.9. The first kappa shape index (κ1) is 12.9. The Morgan fingerprint density at radius 2 is 2.22 bits per heavy atom. The molecule has 2 aromatic rings. The minimum absolute atomic E-state index is 0.265. The largest absolute Gasteiger partial charge is 0.462 e. The molecule has 0 aromatic carbocycles. The average molecular weight is 313 g/mol. The lowest BCUT2D eigenvalue weighted by atomic mass is 10.2. The number of esters is 1. The van der Waals surface area contributed by atoms with E-state index < -0.39 is 5.97 Å². The van der Waals surface area contributed by atoms with Crippen LogP contribution in [0.25, 0.3) is 11.0 Å². The first-order chi connectivity index (χ1) is 8.47. The summed E-state index contributed by atoms with van der Waals surface area (Å²) in [7, 11) is 1.84. The van der Waals surface area contributed by atoms with E-state index in [9.17, 15) is 9.59 Å². The van der Waals surface area contributed by atoms with Crippen molar-refractivity contribution < 1.29 is 9.53 Å². The summed E-state index contributed by atoms with van der Waals surface area (Å²) in [6, 6.07) is 1.70. The fraction of sp³-hybridized carbons (Fsp3) is 0.333. The van der Waals surface area contributed by atoms with Crippen molar-refractivity contribution in [3.8, 4) is 0 Å². The number of carbonyl (C=O) groups is 1. The van der Waals surface area contributed by atoms with Gasteiger partial charge in [-0.2, -0.15) is 0 Å². The van der Waals surface area contributed by atoms with Gasteiger partial charge in [0.2, 0.25) is 0 Å². The van der Waals surface area contributed by atoms with Gasteiger partial charge in [-0.1, -0.05) is 0 Å². The number of nitrogens with zero attached hydrogens (tertiary/aromatic N) is 1. The number of halogens is 1. The molecular formula is C12H13BrN2O3. The molecule has 0 radical (unpaired) electrons.